The van der Waals surface area contributed by atoms with Crippen LogP contribution in [0.3, 0.4) is 0 Å². The lowest BCUT2D eigenvalue weighted by molar-refractivity contribution is 0.587. The van der Waals surface area contributed by atoms with E-state index in [1.165, 1.54) is 31.3 Å². The van der Waals surface area contributed by atoms with Crippen molar-refractivity contribution in [3.8, 4) is 0 Å². The van der Waals surface area contributed by atoms with Crippen LogP contribution >= 0.6 is 11.3 Å². The molecule has 2 aromatic carbocycles. The minimum Gasteiger partial charge on any atom is -0.135 e. The predicted octanol–water partition coefficient (Wildman–Crippen LogP) is 5.66. The van der Waals surface area contributed by atoms with Gasteiger partial charge in [0.25, 0.3) is 0 Å². The molecule has 0 atom stereocenters. The standard InChI is InChI=1S/C17H18S/c1-11-14(17(2,3)4)10-9-13-12-7-5-6-8-15(12)18-16(11)13/h5-10H,1-4H3. The third-order valence-electron chi connectivity index (χ3n) is 3.60. The van der Waals surface area contributed by atoms with Crippen LogP contribution in [0.15, 0.2) is 36.4 Å². The van der Waals surface area contributed by atoms with E-state index in [9.17, 15) is 0 Å². The van der Waals surface area contributed by atoms with Crippen LogP contribution in [0.1, 0.15) is 31.9 Å². The number of hydrogen-bond acceptors (Lipinski definition) is 1. The quantitative estimate of drug-likeness (QED) is 0.485. The number of thiophene rings is 1. The molecule has 0 N–H and O–H groups in total. The topological polar surface area (TPSA) is 0 Å². The van der Waals surface area contributed by atoms with E-state index < -0.39 is 0 Å². The summed E-state index contributed by atoms with van der Waals surface area (Å²) in [6.07, 6.45) is 0. The van der Waals surface area contributed by atoms with E-state index in [1.54, 1.807) is 0 Å². The van der Waals surface area contributed by atoms with Crippen molar-refractivity contribution >= 4 is 31.5 Å². The lowest BCUT2D eigenvalue weighted by Crippen LogP contribution is -2.12. The molecule has 0 nitrogen and oxygen atoms in total. The van der Waals surface area contributed by atoms with Gasteiger partial charge in [-0.25, -0.2) is 0 Å². The number of benzene rings is 2. The molecule has 3 rings (SSSR count). The Morgan fingerprint density at radius 3 is 2.33 bits per heavy atom. The monoisotopic (exact) mass is 254 g/mol. The van der Waals surface area contributed by atoms with Crippen LogP contribution in [0.2, 0.25) is 0 Å². The van der Waals surface area contributed by atoms with E-state index in [0.717, 1.165) is 0 Å². The molecule has 1 heteroatoms. The van der Waals surface area contributed by atoms with Crippen molar-refractivity contribution < 1.29 is 0 Å². The molecule has 3 aromatic rings. The lowest BCUT2D eigenvalue weighted by Gasteiger charge is -2.21. The van der Waals surface area contributed by atoms with Crippen molar-refractivity contribution in [2.45, 2.75) is 33.1 Å². The van der Waals surface area contributed by atoms with E-state index in [-0.39, 0.29) is 5.41 Å². The summed E-state index contributed by atoms with van der Waals surface area (Å²) in [6.45, 7) is 9.12. The first-order valence-corrected chi connectivity index (χ1v) is 7.21. The summed E-state index contributed by atoms with van der Waals surface area (Å²) in [5, 5.41) is 2.79. The van der Waals surface area contributed by atoms with E-state index >= 15 is 0 Å². The molecule has 0 unspecified atom stereocenters. The third-order valence-corrected chi connectivity index (χ3v) is 4.91. The zero-order valence-electron chi connectivity index (χ0n) is 11.4. The molecule has 0 amide bonds. The summed E-state index contributed by atoms with van der Waals surface area (Å²) < 4.78 is 2.84. The summed E-state index contributed by atoms with van der Waals surface area (Å²) >= 11 is 1.92. The van der Waals surface area contributed by atoms with E-state index in [1.807, 2.05) is 11.3 Å². The van der Waals surface area contributed by atoms with Gasteiger partial charge in [-0.3, -0.25) is 0 Å². The second-order valence-corrected chi connectivity index (χ2v) is 7.02. The Bertz CT molecular complexity index is 726. The molecule has 0 aliphatic carbocycles. The summed E-state index contributed by atoms with van der Waals surface area (Å²) in [5.74, 6) is 0. The predicted molar refractivity (Wildman–Crippen MR) is 82.8 cm³/mol. The lowest BCUT2D eigenvalue weighted by atomic mass is 9.83. The van der Waals surface area contributed by atoms with E-state index in [2.05, 4.69) is 64.1 Å². The number of fused-ring (bicyclic) bond motifs is 3. The maximum atomic E-state index is 2.30. The Kier molecular flexibility index (Phi) is 2.49. The van der Waals surface area contributed by atoms with Crippen molar-refractivity contribution in [1.29, 1.82) is 0 Å². The average molecular weight is 254 g/mol. The van der Waals surface area contributed by atoms with Crippen LogP contribution in [0.5, 0.6) is 0 Å². The first kappa shape index (κ1) is 11.7. The fourth-order valence-electron chi connectivity index (χ4n) is 2.74. The van der Waals surface area contributed by atoms with Gasteiger partial charge < -0.3 is 0 Å². The highest BCUT2D eigenvalue weighted by molar-refractivity contribution is 7.26. The third kappa shape index (κ3) is 1.65. The summed E-state index contributed by atoms with van der Waals surface area (Å²) in [6, 6.07) is 13.3. The molecule has 18 heavy (non-hydrogen) atoms. The second kappa shape index (κ2) is 3.83. The van der Waals surface area contributed by atoms with Gasteiger partial charge in [0, 0.05) is 20.2 Å². The molecule has 0 saturated carbocycles. The van der Waals surface area contributed by atoms with Crippen LogP contribution in [0.4, 0.5) is 0 Å². The van der Waals surface area contributed by atoms with Crippen molar-refractivity contribution in [3.05, 3.63) is 47.5 Å². The first-order valence-electron chi connectivity index (χ1n) is 6.40. The molecule has 0 spiro atoms. The minimum atomic E-state index is 0.217. The highest BCUT2D eigenvalue weighted by Crippen LogP contribution is 2.39. The Morgan fingerprint density at radius 2 is 1.61 bits per heavy atom. The maximum absolute atomic E-state index is 2.30. The van der Waals surface area contributed by atoms with Gasteiger partial charge in [0.2, 0.25) is 0 Å². The largest absolute Gasteiger partial charge is 0.135 e. The van der Waals surface area contributed by atoms with Crippen molar-refractivity contribution in [2.75, 3.05) is 0 Å². The van der Waals surface area contributed by atoms with Crippen molar-refractivity contribution in [3.63, 3.8) is 0 Å². The van der Waals surface area contributed by atoms with E-state index in [0.29, 0.717) is 0 Å². The van der Waals surface area contributed by atoms with Gasteiger partial charge in [-0.2, -0.15) is 0 Å². The number of rotatable bonds is 0. The molecule has 1 aromatic heterocycles. The van der Waals surface area contributed by atoms with Crippen molar-refractivity contribution in [2.24, 2.45) is 0 Å². The maximum Gasteiger partial charge on any atom is 0.0387 e. The average Bonchev–Trinajstić information content (AvgIpc) is 2.68. The fourth-order valence-corrected chi connectivity index (χ4v) is 3.94. The van der Waals surface area contributed by atoms with Crippen LogP contribution < -0.4 is 0 Å². The second-order valence-electron chi connectivity index (χ2n) is 5.96. The van der Waals surface area contributed by atoms with E-state index in [4.69, 9.17) is 0 Å². The molecule has 92 valence electrons. The Balaban J connectivity index is 2.43. The van der Waals surface area contributed by atoms with Gasteiger partial charge in [-0.15, -0.1) is 11.3 Å². The van der Waals surface area contributed by atoms with Gasteiger partial charge in [0.05, 0.1) is 0 Å². The molecule has 0 aliphatic heterocycles. The zero-order chi connectivity index (χ0) is 12.9. The molecule has 1 heterocycles. The van der Waals surface area contributed by atoms with Crippen LogP contribution in [-0.4, -0.2) is 0 Å². The molecule has 0 fully saturated rings. The van der Waals surface area contributed by atoms with Gasteiger partial charge in [-0.1, -0.05) is 51.1 Å². The highest BCUT2D eigenvalue weighted by Gasteiger charge is 2.18. The minimum absolute atomic E-state index is 0.217. The Labute approximate surface area is 112 Å². The Morgan fingerprint density at radius 1 is 0.889 bits per heavy atom. The molecule has 0 aliphatic rings. The molecular weight excluding hydrogens is 236 g/mol. The first-order chi connectivity index (χ1) is 8.48. The Hall–Kier alpha value is -1.34. The van der Waals surface area contributed by atoms with Crippen LogP contribution in [0, 0.1) is 6.92 Å². The molecular formula is C17H18S. The molecule has 0 saturated heterocycles. The summed E-state index contributed by atoms with van der Waals surface area (Å²) in [7, 11) is 0. The summed E-state index contributed by atoms with van der Waals surface area (Å²) in [4.78, 5) is 0. The van der Waals surface area contributed by atoms with Gasteiger partial charge in [-0.05, 0) is 29.5 Å². The fraction of sp³-hybridized carbons (Fsp3) is 0.294. The van der Waals surface area contributed by atoms with Crippen LogP contribution in [-0.2, 0) is 5.41 Å². The summed E-state index contributed by atoms with van der Waals surface area (Å²) in [5.41, 5.74) is 3.12. The number of aryl methyl sites for hydroxylation is 1. The van der Waals surface area contributed by atoms with Gasteiger partial charge >= 0.3 is 0 Å². The van der Waals surface area contributed by atoms with Gasteiger partial charge in [0.15, 0.2) is 0 Å². The number of hydrogen-bond donors (Lipinski definition) is 0. The highest BCUT2D eigenvalue weighted by atomic mass is 32.1. The van der Waals surface area contributed by atoms with Crippen molar-refractivity contribution in [1.82, 2.24) is 0 Å². The smallest absolute Gasteiger partial charge is 0.0387 e. The normalized spacial score (nSPS) is 12.4. The van der Waals surface area contributed by atoms with Crippen LogP contribution in [0.25, 0.3) is 20.2 Å². The molecule has 0 radical (unpaired) electrons. The van der Waals surface area contributed by atoms with Gasteiger partial charge in [0.1, 0.15) is 0 Å². The molecule has 0 bridgehead atoms. The SMILES string of the molecule is Cc1c(C(C)(C)C)ccc2c1sc1ccccc12. The zero-order valence-corrected chi connectivity index (χ0v) is 12.2.